The highest BCUT2D eigenvalue weighted by Gasteiger charge is 2.35. The molecule has 3 amide bonds. The molecule has 1 aromatic carbocycles. The number of amides is 3. The lowest BCUT2D eigenvalue weighted by Gasteiger charge is -2.35. The Hall–Kier alpha value is -4.06. The highest BCUT2D eigenvalue weighted by atomic mass is 16.5. The summed E-state index contributed by atoms with van der Waals surface area (Å²) in [5, 5.41) is 7.22. The van der Waals surface area contributed by atoms with Gasteiger partial charge in [-0.3, -0.25) is 29.0 Å². The minimum absolute atomic E-state index is 0.183. The van der Waals surface area contributed by atoms with Crippen LogP contribution in [0.2, 0.25) is 0 Å². The van der Waals surface area contributed by atoms with E-state index < -0.39 is 47.4 Å². The number of rotatable bonds is 1. The average Bonchev–Trinajstić information content (AvgIpc) is 2.93. The fourth-order valence-corrected chi connectivity index (χ4v) is 4.74. The largest absolute Gasteiger partial charge is 0.453 e. The molecule has 2 aromatic rings. The van der Waals surface area contributed by atoms with Crippen molar-refractivity contribution in [2.75, 3.05) is 6.54 Å². The molecule has 0 saturated carbocycles. The molecule has 12 nitrogen and oxygen atoms in total. The van der Waals surface area contributed by atoms with Gasteiger partial charge in [0.05, 0.1) is 16.3 Å². The molecule has 3 heterocycles. The summed E-state index contributed by atoms with van der Waals surface area (Å²) in [6.45, 7) is 10.6. The summed E-state index contributed by atoms with van der Waals surface area (Å²) >= 11 is 0. The Morgan fingerprint density at radius 1 is 1.07 bits per heavy atom. The van der Waals surface area contributed by atoms with Gasteiger partial charge in [0.25, 0.3) is 11.5 Å². The van der Waals surface area contributed by atoms with Crippen LogP contribution in [0.25, 0.3) is 17.0 Å². The van der Waals surface area contributed by atoms with E-state index >= 15 is 0 Å². The minimum Gasteiger partial charge on any atom is -0.453 e. The minimum atomic E-state index is -0.995. The Bertz CT molecular complexity index is 1450. The number of fused-ring (bicyclic) bond motifs is 4. The van der Waals surface area contributed by atoms with Crippen molar-refractivity contribution in [3.05, 3.63) is 46.0 Å². The van der Waals surface area contributed by atoms with Crippen LogP contribution >= 0.6 is 0 Å². The second-order valence-corrected chi connectivity index (χ2v) is 11.6. The van der Waals surface area contributed by atoms with Gasteiger partial charge in [-0.05, 0) is 64.2 Å². The quantitative estimate of drug-likeness (QED) is 0.379. The van der Waals surface area contributed by atoms with Crippen LogP contribution in [0, 0.1) is 11.3 Å². The van der Waals surface area contributed by atoms with Gasteiger partial charge in [0.15, 0.2) is 11.9 Å². The molecule has 2 aliphatic rings. The van der Waals surface area contributed by atoms with E-state index in [1.54, 1.807) is 58.0 Å². The van der Waals surface area contributed by atoms with E-state index in [1.165, 1.54) is 5.01 Å². The maximum absolute atomic E-state index is 13.3. The topological polar surface area (TPSA) is 163 Å². The molecule has 41 heavy (non-hydrogen) atoms. The maximum Gasteiger partial charge on any atom is 0.325 e. The summed E-state index contributed by atoms with van der Waals surface area (Å²) in [5.74, 6) is -1.94. The van der Waals surface area contributed by atoms with Gasteiger partial charge in [-0.15, -0.1) is 0 Å². The molecule has 0 spiro atoms. The number of carbonyl (C=O) groups excluding carboxylic acids is 4. The summed E-state index contributed by atoms with van der Waals surface area (Å²) in [5.41, 5.74) is 2.65. The van der Waals surface area contributed by atoms with Gasteiger partial charge in [-0.2, -0.15) is 0 Å². The van der Waals surface area contributed by atoms with Crippen LogP contribution < -0.4 is 21.6 Å². The Kier molecular flexibility index (Phi) is 8.62. The molecular formula is C29H38N6O6. The number of aromatic nitrogens is 2. The molecule has 0 unspecified atom stereocenters. The number of cyclic esters (lactones) is 1. The zero-order valence-electron chi connectivity index (χ0n) is 24.2. The predicted octanol–water partition coefficient (Wildman–Crippen LogP) is 1.72. The van der Waals surface area contributed by atoms with Gasteiger partial charge in [0, 0.05) is 6.54 Å². The lowest BCUT2D eigenvalue weighted by atomic mass is 9.89. The number of esters is 1. The Labute approximate surface area is 238 Å². The number of nitrogens with zero attached hydrogens (tertiary/aromatic N) is 2. The van der Waals surface area contributed by atoms with Gasteiger partial charge in [-0.25, -0.2) is 10.4 Å². The zero-order valence-corrected chi connectivity index (χ0v) is 24.2. The molecule has 4 atom stereocenters. The fraction of sp³-hybridized carbons (Fsp3) is 0.517. The van der Waals surface area contributed by atoms with Crippen molar-refractivity contribution in [2.45, 2.75) is 78.6 Å². The van der Waals surface area contributed by atoms with Crippen LogP contribution in [0.4, 0.5) is 0 Å². The molecule has 1 fully saturated rings. The monoisotopic (exact) mass is 566 g/mol. The predicted molar refractivity (Wildman–Crippen MR) is 152 cm³/mol. The third-order valence-electron chi connectivity index (χ3n) is 7.41. The number of hydrazine groups is 1. The summed E-state index contributed by atoms with van der Waals surface area (Å²) < 4.78 is 5.63. The van der Waals surface area contributed by atoms with Crippen LogP contribution in [-0.4, -0.2) is 63.3 Å². The Balaban J connectivity index is 1.74. The van der Waals surface area contributed by atoms with Gasteiger partial charge in [0.2, 0.25) is 11.8 Å². The van der Waals surface area contributed by atoms with Gasteiger partial charge < -0.3 is 20.4 Å². The number of nitrogens with one attached hydrogen (secondary N) is 4. The molecule has 1 aromatic heterocycles. The first-order valence-electron chi connectivity index (χ1n) is 13.9. The molecule has 5 bridgehead atoms. The number of aromatic amines is 1. The van der Waals surface area contributed by atoms with Gasteiger partial charge in [-0.1, -0.05) is 32.1 Å². The highest BCUT2D eigenvalue weighted by molar-refractivity contribution is 5.94. The number of benzene rings is 1. The molecule has 12 heteroatoms. The first-order chi connectivity index (χ1) is 19.3. The van der Waals surface area contributed by atoms with Crippen LogP contribution in [0.15, 0.2) is 29.1 Å². The standard InChI is InChI=1S/C29H38N6O6/c1-15(2)22-25(37)30-16(3)26(38)35-13-7-8-20(34-35)27(39)41-17(4)23-31-21-14-18(9-10-19(21)24(36)33-23)11-12-29(5,6)28(40)32-22/h9-12,14-17,20,22,34H,7-8,13H2,1-6H3,(H,30,37)(H,32,40)(H,31,33,36)/b12-11+/t16-,17+,20-,22-/m0/s1. The number of ether oxygens (including phenoxy) is 1. The normalized spacial score (nSPS) is 26.9. The van der Waals surface area contributed by atoms with Crippen molar-refractivity contribution >= 4 is 40.7 Å². The lowest BCUT2D eigenvalue weighted by molar-refractivity contribution is -0.157. The molecule has 1 saturated heterocycles. The van der Waals surface area contributed by atoms with E-state index in [-0.39, 0.29) is 23.2 Å². The number of hydrogen-bond donors (Lipinski definition) is 4. The van der Waals surface area contributed by atoms with E-state index in [1.807, 2.05) is 13.8 Å². The fourth-order valence-electron chi connectivity index (χ4n) is 4.74. The zero-order chi connectivity index (χ0) is 30.1. The SMILES string of the molecule is CC(C)[C@@H]1NC(=O)C(C)(C)/C=C/c2ccc3c(=O)[nH]c(nc3c2)[C@@H](C)OC(=O)[C@@H]2CCCN(N2)C(=O)[C@H](C)NC1=O. The first kappa shape index (κ1) is 29.9. The van der Waals surface area contributed by atoms with Crippen molar-refractivity contribution < 1.29 is 23.9 Å². The first-order valence-corrected chi connectivity index (χ1v) is 13.9. The third kappa shape index (κ3) is 6.64. The van der Waals surface area contributed by atoms with E-state index in [9.17, 15) is 24.0 Å². The second-order valence-electron chi connectivity index (χ2n) is 11.6. The van der Waals surface area contributed by atoms with Crippen molar-refractivity contribution in [1.29, 1.82) is 0 Å². The number of hydrogen-bond acceptors (Lipinski definition) is 8. The summed E-state index contributed by atoms with van der Waals surface area (Å²) in [7, 11) is 0. The molecule has 220 valence electrons. The van der Waals surface area contributed by atoms with E-state index in [2.05, 4.69) is 26.0 Å². The summed E-state index contributed by atoms with van der Waals surface area (Å²) in [6, 6.07) is 2.49. The third-order valence-corrected chi connectivity index (χ3v) is 7.41. The Morgan fingerprint density at radius 3 is 2.51 bits per heavy atom. The Morgan fingerprint density at radius 2 is 1.80 bits per heavy atom. The maximum atomic E-state index is 13.3. The lowest BCUT2D eigenvalue weighted by Crippen LogP contribution is -2.61. The van der Waals surface area contributed by atoms with Crippen LogP contribution in [0.3, 0.4) is 0 Å². The van der Waals surface area contributed by atoms with E-state index in [0.717, 1.165) is 0 Å². The molecule has 4 rings (SSSR count). The van der Waals surface area contributed by atoms with Crippen molar-refractivity contribution in [3.8, 4) is 0 Å². The molecule has 0 aliphatic carbocycles. The van der Waals surface area contributed by atoms with Gasteiger partial charge in [0.1, 0.15) is 18.1 Å². The molecular weight excluding hydrogens is 528 g/mol. The highest BCUT2D eigenvalue weighted by Crippen LogP contribution is 2.23. The number of H-pyrrole nitrogens is 1. The van der Waals surface area contributed by atoms with Crippen LogP contribution in [-0.2, 0) is 23.9 Å². The molecule has 4 N–H and O–H groups in total. The molecule has 2 aliphatic heterocycles. The average molecular weight is 567 g/mol. The van der Waals surface area contributed by atoms with E-state index in [0.29, 0.717) is 35.9 Å². The summed E-state index contributed by atoms with van der Waals surface area (Å²) in [4.78, 5) is 72.7. The van der Waals surface area contributed by atoms with Crippen molar-refractivity contribution in [3.63, 3.8) is 0 Å². The van der Waals surface area contributed by atoms with Crippen LogP contribution in [0.1, 0.15) is 71.9 Å². The van der Waals surface area contributed by atoms with Crippen molar-refractivity contribution in [1.82, 2.24) is 31.0 Å². The van der Waals surface area contributed by atoms with E-state index in [4.69, 9.17) is 4.74 Å². The number of carbonyl (C=O) groups is 4. The molecule has 0 radical (unpaired) electrons. The van der Waals surface area contributed by atoms with Crippen LogP contribution in [0.5, 0.6) is 0 Å². The second kappa shape index (κ2) is 11.8. The smallest absolute Gasteiger partial charge is 0.325 e. The van der Waals surface area contributed by atoms with Crippen molar-refractivity contribution in [2.24, 2.45) is 11.3 Å². The van der Waals surface area contributed by atoms with Gasteiger partial charge >= 0.3 is 5.97 Å². The summed E-state index contributed by atoms with van der Waals surface area (Å²) in [6.07, 6.45) is 3.57.